The van der Waals surface area contributed by atoms with Crippen molar-refractivity contribution in [2.24, 2.45) is 0 Å². The van der Waals surface area contributed by atoms with Crippen molar-refractivity contribution in [1.82, 2.24) is 0 Å². The Kier molecular flexibility index (Phi) is 3.12. The van der Waals surface area contributed by atoms with Crippen LogP contribution in [0.2, 0.25) is 0 Å². The van der Waals surface area contributed by atoms with Gasteiger partial charge in [0.15, 0.2) is 9.79 Å². The number of phenols is 2. The standard InChI is InChI=1S/C12H11NO3S/c13-11-7-10(5-6-12(11)15)17(16)9-3-1-8(14)2-4-9/h1-7,14-15H,13H2. The molecule has 0 saturated heterocycles. The highest BCUT2D eigenvalue weighted by atomic mass is 32.2. The lowest BCUT2D eigenvalue weighted by atomic mass is 10.3. The number of phenolic OH excluding ortho intramolecular Hbond substituents is 2. The smallest absolute Gasteiger partial charge is 0.160 e. The van der Waals surface area contributed by atoms with Crippen molar-refractivity contribution in [3.63, 3.8) is 0 Å². The summed E-state index contributed by atoms with van der Waals surface area (Å²) in [4.78, 5) is 1.07. The van der Waals surface area contributed by atoms with Gasteiger partial charge in [0.05, 0.1) is 5.69 Å². The first-order valence-electron chi connectivity index (χ1n) is 4.87. The van der Waals surface area contributed by atoms with E-state index < -0.39 is 11.2 Å². The molecule has 0 saturated carbocycles. The van der Waals surface area contributed by atoms with Gasteiger partial charge in [-0.2, -0.15) is 0 Å². The summed E-state index contributed by atoms with van der Waals surface area (Å²) >= 11 is -1.38. The molecule has 0 aliphatic heterocycles. The zero-order valence-electron chi connectivity index (χ0n) is 8.83. The Bertz CT molecular complexity index is 528. The molecule has 1 atom stereocenters. The summed E-state index contributed by atoms with van der Waals surface area (Å²) < 4.78 is 12.1. The highest BCUT2D eigenvalue weighted by Crippen LogP contribution is 2.27. The zero-order chi connectivity index (χ0) is 12.4. The summed E-state index contributed by atoms with van der Waals surface area (Å²) in [6, 6.07) is 10.5. The number of rotatable bonds is 2. The molecule has 5 heteroatoms. The van der Waals surface area contributed by atoms with Gasteiger partial charge in [-0.25, -0.2) is 0 Å². The van der Waals surface area contributed by atoms with Gasteiger partial charge in [0.25, 0.3) is 0 Å². The molecule has 0 aliphatic rings. The van der Waals surface area contributed by atoms with Crippen molar-refractivity contribution in [2.45, 2.75) is 9.79 Å². The van der Waals surface area contributed by atoms with Crippen molar-refractivity contribution in [3.05, 3.63) is 42.5 Å². The molecule has 0 amide bonds. The van der Waals surface area contributed by atoms with Gasteiger partial charge in [-0.05, 0) is 36.4 Å². The summed E-state index contributed by atoms with van der Waals surface area (Å²) in [5, 5.41) is 18.4. The van der Waals surface area contributed by atoms with E-state index in [-0.39, 0.29) is 17.2 Å². The number of nitrogen functional groups attached to an aromatic ring is 1. The highest BCUT2D eigenvalue weighted by molar-refractivity contribution is 7.91. The van der Waals surface area contributed by atoms with Crippen LogP contribution in [-0.2, 0) is 11.2 Å². The highest BCUT2D eigenvalue weighted by Gasteiger charge is 2.15. The van der Waals surface area contributed by atoms with Crippen molar-refractivity contribution in [1.29, 1.82) is 0 Å². The number of aromatic hydroxyl groups is 2. The van der Waals surface area contributed by atoms with Crippen LogP contribution in [-0.4, -0.2) is 14.8 Å². The van der Waals surface area contributed by atoms with E-state index in [0.29, 0.717) is 9.79 Å². The summed E-state index contributed by atoms with van der Waals surface area (Å²) in [5.41, 5.74) is 5.73. The second kappa shape index (κ2) is 4.57. The molecule has 0 spiro atoms. The maximum absolute atomic E-state index is 12.1. The average molecular weight is 249 g/mol. The minimum Gasteiger partial charge on any atom is -0.606 e. The van der Waals surface area contributed by atoms with E-state index in [0.717, 1.165) is 0 Å². The Morgan fingerprint density at radius 3 is 2.12 bits per heavy atom. The lowest BCUT2D eigenvalue weighted by molar-refractivity contribution is 0.474. The van der Waals surface area contributed by atoms with Gasteiger partial charge in [-0.1, -0.05) is 0 Å². The summed E-state index contributed by atoms with van der Waals surface area (Å²) in [7, 11) is 0. The lowest BCUT2D eigenvalue weighted by Gasteiger charge is -2.10. The number of hydrogen-bond acceptors (Lipinski definition) is 4. The van der Waals surface area contributed by atoms with Crippen molar-refractivity contribution >= 4 is 16.9 Å². The van der Waals surface area contributed by atoms with Gasteiger partial charge in [0, 0.05) is 17.2 Å². The van der Waals surface area contributed by atoms with Gasteiger partial charge < -0.3 is 20.5 Å². The van der Waals surface area contributed by atoms with Gasteiger partial charge in [-0.3, -0.25) is 0 Å². The predicted molar refractivity (Wildman–Crippen MR) is 65.3 cm³/mol. The molecule has 0 aromatic heterocycles. The van der Waals surface area contributed by atoms with E-state index in [1.54, 1.807) is 18.2 Å². The third-order valence-electron chi connectivity index (χ3n) is 2.26. The van der Waals surface area contributed by atoms with Crippen molar-refractivity contribution < 1.29 is 14.8 Å². The van der Waals surface area contributed by atoms with Crippen LogP contribution >= 0.6 is 0 Å². The van der Waals surface area contributed by atoms with Crippen LogP contribution in [0.15, 0.2) is 52.3 Å². The van der Waals surface area contributed by atoms with Gasteiger partial charge in [-0.15, -0.1) is 0 Å². The summed E-state index contributed by atoms with van der Waals surface area (Å²) in [5.74, 6) is 0.0902. The third kappa shape index (κ3) is 2.46. The van der Waals surface area contributed by atoms with Gasteiger partial charge >= 0.3 is 0 Å². The largest absolute Gasteiger partial charge is 0.606 e. The normalized spacial score (nSPS) is 12.3. The molecule has 17 heavy (non-hydrogen) atoms. The van der Waals surface area contributed by atoms with E-state index in [1.807, 2.05) is 0 Å². The minimum absolute atomic E-state index is 0.0311. The number of anilines is 1. The fourth-order valence-electron chi connectivity index (χ4n) is 1.35. The average Bonchev–Trinajstić information content (AvgIpc) is 2.33. The van der Waals surface area contributed by atoms with Crippen LogP contribution in [0.5, 0.6) is 11.5 Å². The maximum atomic E-state index is 12.1. The van der Waals surface area contributed by atoms with E-state index in [9.17, 15) is 9.66 Å². The summed E-state index contributed by atoms with van der Waals surface area (Å²) in [6.45, 7) is 0. The minimum atomic E-state index is -1.38. The second-order valence-electron chi connectivity index (χ2n) is 3.48. The Balaban J connectivity index is 2.33. The molecule has 0 radical (unpaired) electrons. The molecule has 2 aromatic rings. The van der Waals surface area contributed by atoms with Gasteiger partial charge in [0.1, 0.15) is 11.5 Å². The third-order valence-corrected chi connectivity index (χ3v) is 3.65. The molecule has 88 valence electrons. The van der Waals surface area contributed by atoms with Crippen molar-refractivity contribution in [3.8, 4) is 11.5 Å². The van der Waals surface area contributed by atoms with Crippen molar-refractivity contribution in [2.75, 3.05) is 5.73 Å². The molecule has 2 rings (SSSR count). The number of hydrogen-bond donors (Lipinski definition) is 3. The van der Waals surface area contributed by atoms with Crippen LogP contribution in [0.4, 0.5) is 5.69 Å². The Labute approximate surface area is 102 Å². The lowest BCUT2D eigenvalue weighted by Crippen LogP contribution is -2.02. The fraction of sp³-hybridized carbons (Fsp3) is 0. The first kappa shape index (κ1) is 11.6. The number of benzene rings is 2. The van der Waals surface area contributed by atoms with Crippen LogP contribution < -0.4 is 5.73 Å². The van der Waals surface area contributed by atoms with E-state index in [2.05, 4.69) is 0 Å². The Morgan fingerprint density at radius 2 is 1.53 bits per heavy atom. The molecule has 4 nitrogen and oxygen atoms in total. The molecule has 4 N–H and O–H groups in total. The maximum Gasteiger partial charge on any atom is 0.160 e. The molecular formula is C12H11NO3S. The SMILES string of the molecule is Nc1cc([S+]([O-])c2ccc(O)cc2)ccc1O. The Morgan fingerprint density at radius 1 is 0.941 bits per heavy atom. The molecular weight excluding hydrogens is 238 g/mol. The zero-order valence-corrected chi connectivity index (χ0v) is 9.65. The molecule has 1 unspecified atom stereocenters. The first-order chi connectivity index (χ1) is 8.08. The molecule has 0 fully saturated rings. The Hall–Kier alpha value is -1.85. The van der Waals surface area contributed by atoms with Gasteiger partial charge in [0.2, 0.25) is 0 Å². The first-order valence-corrected chi connectivity index (χ1v) is 6.02. The molecule has 2 aromatic carbocycles. The summed E-state index contributed by atoms with van der Waals surface area (Å²) in [6.07, 6.45) is 0. The predicted octanol–water partition coefficient (Wildman–Crippen LogP) is 1.85. The van der Waals surface area contributed by atoms with Crippen LogP contribution in [0.25, 0.3) is 0 Å². The quantitative estimate of drug-likeness (QED) is 0.430. The fourth-order valence-corrected chi connectivity index (χ4v) is 2.43. The van der Waals surface area contributed by atoms with Crippen LogP contribution in [0, 0.1) is 0 Å². The monoisotopic (exact) mass is 249 g/mol. The molecule has 0 heterocycles. The van der Waals surface area contributed by atoms with E-state index >= 15 is 0 Å². The van der Waals surface area contributed by atoms with E-state index in [4.69, 9.17) is 10.8 Å². The second-order valence-corrected chi connectivity index (χ2v) is 4.96. The van der Waals surface area contributed by atoms with E-state index in [1.165, 1.54) is 24.3 Å². The number of nitrogens with two attached hydrogens (primary N) is 1. The topological polar surface area (TPSA) is 89.5 Å². The van der Waals surface area contributed by atoms with Crippen LogP contribution in [0.1, 0.15) is 0 Å². The van der Waals surface area contributed by atoms with Crippen LogP contribution in [0.3, 0.4) is 0 Å². The molecule has 0 aliphatic carbocycles. The molecule has 0 bridgehead atoms.